The summed E-state index contributed by atoms with van der Waals surface area (Å²) in [5, 5.41) is 9.33. The van der Waals surface area contributed by atoms with Crippen LogP contribution in [0, 0.1) is 0 Å². The number of hydrogen-bond donors (Lipinski definition) is 1. The number of carbonyl (C=O) groups is 2. The minimum absolute atomic E-state index is 0.170. The number of carbonyl (C=O) groups excluding carboxylic acids is 2. The second-order valence-electron chi connectivity index (χ2n) is 2.93. The summed E-state index contributed by atoms with van der Waals surface area (Å²) in [4.78, 5) is 21.4. The molecule has 16 heavy (non-hydrogen) atoms. The molecule has 5 heteroatoms. The predicted octanol–water partition coefficient (Wildman–Crippen LogP) is 1.15. The zero-order valence-corrected chi connectivity index (χ0v) is 8.80. The standard InChI is InChI=1S/C11H12O5/c1-2-15-11(14)7-16-9-4-3-8(6-12)10(13)5-9/h3-6,13H,2,7H2,1H3. The van der Waals surface area contributed by atoms with Crippen molar-refractivity contribution in [3.8, 4) is 11.5 Å². The summed E-state index contributed by atoms with van der Waals surface area (Å²) in [6, 6.07) is 4.16. The van der Waals surface area contributed by atoms with E-state index in [2.05, 4.69) is 4.74 Å². The summed E-state index contributed by atoms with van der Waals surface area (Å²) in [6.07, 6.45) is 0.532. The minimum atomic E-state index is -0.485. The van der Waals surface area contributed by atoms with Crippen LogP contribution < -0.4 is 4.74 Å². The molecule has 1 rings (SSSR count). The first-order chi connectivity index (χ1) is 7.67. The number of aromatic hydroxyl groups is 1. The van der Waals surface area contributed by atoms with Gasteiger partial charge >= 0.3 is 5.97 Å². The normalized spacial score (nSPS) is 9.56. The fourth-order valence-corrected chi connectivity index (χ4v) is 1.06. The van der Waals surface area contributed by atoms with E-state index in [1.807, 2.05) is 0 Å². The van der Waals surface area contributed by atoms with E-state index >= 15 is 0 Å². The Morgan fingerprint density at radius 1 is 1.50 bits per heavy atom. The van der Waals surface area contributed by atoms with Gasteiger partial charge in [-0.2, -0.15) is 0 Å². The Balaban J connectivity index is 2.58. The van der Waals surface area contributed by atoms with Crippen molar-refractivity contribution < 1.29 is 24.2 Å². The third kappa shape index (κ3) is 3.27. The van der Waals surface area contributed by atoms with E-state index in [0.717, 1.165) is 0 Å². The number of rotatable bonds is 5. The van der Waals surface area contributed by atoms with Gasteiger partial charge in [-0.05, 0) is 19.1 Å². The highest BCUT2D eigenvalue weighted by atomic mass is 16.6. The highest BCUT2D eigenvalue weighted by Gasteiger charge is 2.05. The van der Waals surface area contributed by atoms with Crippen LogP contribution in [0.4, 0.5) is 0 Å². The number of phenols is 1. The SMILES string of the molecule is CCOC(=O)COc1ccc(C=O)c(O)c1. The van der Waals surface area contributed by atoms with Crippen molar-refractivity contribution in [3.05, 3.63) is 23.8 Å². The first-order valence-corrected chi connectivity index (χ1v) is 4.74. The number of esters is 1. The Morgan fingerprint density at radius 3 is 2.81 bits per heavy atom. The van der Waals surface area contributed by atoms with Crippen molar-refractivity contribution in [2.45, 2.75) is 6.92 Å². The summed E-state index contributed by atoms with van der Waals surface area (Å²) in [6.45, 7) is 1.76. The Hall–Kier alpha value is -2.04. The molecule has 0 saturated heterocycles. The summed E-state index contributed by atoms with van der Waals surface area (Å²) >= 11 is 0. The van der Waals surface area contributed by atoms with Crippen LogP contribution >= 0.6 is 0 Å². The molecule has 5 nitrogen and oxygen atoms in total. The maximum absolute atomic E-state index is 11.0. The van der Waals surface area contributed by atoms with Gasteiger partial charge in [0.1, 0.15) is 11.5 Å². The van der Waals surface area contributed by atoms with Crippen LogP contribution in [0.2, 0.25) is 0 Å². The Morgan fingerprint density at radius 2 is 2.25 bits per heavy atom. The lowest BCUT2D eigenvalue weighted by Gasteiger charge is -2.06. The van der Waals surface area contributed by atoms with Crippen molar-refractivity contribution in [1.82, 2.24) is 0 Å². The van der Waals surface area contributed by atoms with E-state index in [9.17, 15) is 14.7 Å². The van der Waals surface area contributed by atoms with Crippen molar-refractivity contribution in [2.75, 3.05) is 13.2 Å². The second kappa shape index (κ2) is 5.75. The van der Waals surface area contributed by atoms with Crippen LogP contribution in [-0.2, 0) is 9.53 Å². The molecule has 0 radical (unpaired) electrons. The molecule has 0 aromatic heterocycles. The molecule has 0 amide bonds. The average Bonchev–Trinajstić information content (AvgIpc) is 2.27. The van der Waals surface area contributed by atoms with Gasteiger partial charge in [0.15, 0.2) is 12.9 Å². The van der Waals surface area contributed by atoms with E-state index in [1.54, 1.807) is 6.92 Å². The lowest BCUT2D eigenvalue weighted by Crippen LogP contribution is -2.14. The third-order valence-corrected chi connectivity index (χ3v) is 1.79. The zero-order valence-electron chi connectivity index (χ0n) is 8.80. The van der Waals surface area contributed by atoms with Gasteiger partial charge in [-0.25, -0.2) is 4.79 Å². The van der Waals surface area contributed by atoms with E-state index in [1.165, 1.54) is 18.2 Å². The van der Waals surface area contributed by atoms with Crippen LogP contribution in [0.1, 0.15) is 17.3 Å². The number of hydrogen-bond acceptors (Lipinski definition) is 5. The monoisotopic (exact) mass is 224 g/mol. The summed E-state index contributed by atoms with van der Waals surface area (Å²) in [5.74, 6) is -0.367. The van der Waals surface area contributed by atoms with Gasteiger partial charge < -0.3 is 14.6 Å². The van der Waals surface area contributed by atoms with E-state index in [0.29, 0.717) is 12.0 Å². The Bertz CT molecular complexity index is 386. The fraction of sp³-hybridized carbons (Fsp3) is 0.273. The van der Waals surface area contributed by atoms with Crippen molar-refractivity contribution in [2.24, 2.45) is 0 Å². The summed E-state index contributed by atoms with van der Waals surface area (Å²) in [5.41, 5.74) is 0.170. The van der Waals surface area contributed by atoms with Gasteiger partial charge in [-0.15, -0.1) is 0 Å². The zero-order chi connectivity index (χ0) is 12.0. The molecule has 1 N–H and O–H groups in total. The van der Waals surface area contributed by atoms with Gasteiger partial charge in [-0.3, -0.25) is 4.79 Å². The lowest BCUT2D eigenvalue weighted by atomic mass is 10.2. The van der Waals surface area contributed by atoms with Crippen molar-refractivity contribution in [1.29, 1.82) is 0 Å². The van der Waals surface area contributed by atoms with Gasteiger partial charge in [0.2, 0.25) is 0 Å². The molecule has 0 aliphatic rings. The molecular weight excluding hydrogens is 212 g/mol. The number of aldehydes is 1. The minimum Gasteiger partial charge on any atom is -0.507 e. The smallest absolute Gasteiger partial charge is 0.344 e. The highest BCUT2D eigenvalue weighted by Crippen LogP contribution is 2.21. The molecule has 0 spiro atoms. The lowest BCUT2D eigenvalue weighted by molar-refractivity contribution is -0.145. The van der Waals surface area contributed by atoms with Crippen LogP contribution in [0.3, 0.4) is 0 Å². The molecule has 86 valence electrons. The topological polar surface area (TPSA) is 72.8 Å². The fourth-order valence-electron chi connectivity index (χ4n) is 1.06. The molecule has 0 aliphatic heterocycles. The number of ether oxygens (including phenoxy) is 2. The number of benzene rings is 1. The first kappa shape index (κ1) is 12.0. The molecule has 0 aliphatic carbocycles. The maximum atomic E-state index is 11.0. The molecule has 0 bridgehead atoms. The maximum Gasteiger partial charge on any atom is 0.344 e. The van der Waals surface area contributed by atoms with Gasteiger partial charge in [0, 0.05) is 6.07 Å². The van der Waals surface area contributed by atoms with Crippen LogP contribution in [0.25, 0.3) is 0 Å². The van der Waals surface area contributed by atoms with Crippen molar-refractivity contribution in [3.63, 3.8) is 0 Å². The van der Waals surface area contributed by atoms with E-state index < -0.39 is 5.97 Å². The van der Waals surface area contributed by atoms with E-state index in [4.69, 9.17) is 4.74 Å². The quantitative estimate of drug-likeness (QED) is 0.599. The van der Waals surface area contributed by atoms with Gasteiger partial charge in [0.25, 0.3) is 0 Å². The van der Waals surface area contributed by atoms with Crippen LogP contribution in [-0.4, -0.2) is 30.6 Å². The third-order valence-electron chi connectivity index (χ3n) is 1.79. The molecule has 1 aromatic carbocycles. The van der Waals surface area contributed by atoms with Gasteiger partial charge in [0.05, 0.1) is 12.2 Å². The predicted molar refractivity (Wildman–Crippen MR) is 55.6 cm³/mol. The average molecular weight is 224 g/mol. The molecule has 1 aromatic rings. The first-order valence-electron chi connectivity index (χ1n) is 4.74. The molecule has 0 unspecified atom stereocenters. The molecular formula is C11H12O5. The second-order valence-corrected chi connectivity index (χ2v) is 2.93. The summed E-state index contributed by atoms with van der Waals surface area (Å²) < 4.78 is 9.71. The molecule has 0 heterocycles. The van der Waals surface area contributed by atoms with Crippen molar-refractivity contribution >= 4 is 12.3 Å². The van der Waals surface area contributed by atoms with Crippen LogP contribution in [0.5, 0.6) is 11.5 Å². The molecule has 0 saturated carbocycles. The largest absolute Gasteiger partial charge is 0.507 e. The Labute approximate surface area is 92.6 Å². The summed E-state index contributed by atoms with van der Waals surface area (Å²) in [7, 11) is 0. The Kier molecular flexibility index (Phi) is 4.32. The molecule has 0 atom stereocenters. The molecule has 0 fully saturated rings. The number of phenolic OH excluding ortho intramolecular Hbond substituents is 1. The van der Waals surface area contributed by atoms with E-state index in [-0.39, 0.29) is 24.5 Å². The van der Waals surface area contributed by atoms with Crippen LogP contribution in [0.15, 0.2) is 18.2 Å². The van der Waals surface area contributed by atoms with Gasteiger partial charge in [-0.1, -0.05) is 0 Å². The highest BCUT2D eigenvalue weighted by molar-refractivity contribution is 5.79.